The van der Waals surface area contributed by atoms with Gasteiger partial charge in [0, 0.05) is 18.0 Å². The molecule has 0 aliphatic heterocycles. The van der Waals surface area contributed by atoms with Crippen LogP contribution in [0, 0.1) is 0 Å². The van der Waals surface area contributed by atoms with Gasteiger partial charge in [0.25, 0.3) is 0 Å². The highest BCUT2D eigenvalue weighted by atomic mass is 35.5. The summed E-state index contributed by atoms with van der Waals surface area (Å²) < 4.78 is 22.8. The molecule has 0 bridgehead atoms. The van der Waals surface area contributed by atoms with Crippen LogP contribution in [0.2, 0.25) is 5.15 Å². The second kappa shape index (κ2) is 4.40. The maximum absolute atomic E-state index is 11.4. The van der Waals surface area contributed by atoms with Crippen molar-refractivity contribution in [3.63, 3.8) is 0 Å². The molecular formula is C10H8ClN3O2S. The Bertz CT molecular complexity index is 658. The summed E-state index contributed by atoms with van der Waals surface area (Å²) >= 11 is 5.87. The van der Waals surface area contributed by atoms with Gasteiger partial charge >= 0.3 is 0 Å². The third-order valence-corrected chi connectivity index (χ3v) is 3.35. The van der Waals surface area contributed by atoms with Gasteiger partial charge < -0.3 is 0 Å². The van der Waals surface area contributed by atoms with Gasteiger partial charge in [0.15, 0.2) is 5.15 Å². The molecule has 0 spiro atoms. The van der Waals surface area contributed by atoms with Crippen molar-refractivity contribution in [3.05, 3.63) is 41.8 Å². The zero-order chi connectivity index (χ0) is 12.5. The van der Waals surface area contributed by atoms with Gasteiger partial charge in [-0.05, 0) is 6.07 Å². The summed E-state index contributed by atoms with van der Waals surface area (Å²) in [6.07, 6.45) is 2.85. The first-order chi connectivity index (χ1) is 8.00. The lowest BCUT2D eigenvalue weighted by molar-refractivity contribution is 0.598. The van der Waals surface area contributed by atoms with Gasteiger partial charge in [-0.15, -0.1) is 0 Å². The van der Waals surface area contributed by atoms with Crippen molar-refractivity contribution >= 4 is 21.6 Å². The van der Waals surface area contributed by atoms with Crippen molar-refractivity contribution < 1.29 is 8.42 Å². The van der Waals surface area contributed by atoms with Crippen molar-refractivity contribution in [2.45, 2.75) is 4.90 Å². The average Bonchev–Trinajstić information content (AvgIpc) is 2.28. The summed E-state index contributed by atoms with van der Waals surface area (Å²) in [4.78, 5) is 7.83. The van der Waals surface area contributed by atoms with E-state index in [4.69, 9.17) is 16.7 Å². The first-order valence-corrected chi connectivity index (χ1v) is 6.51. The van der Waals surface area contributed by atoms with Crippen molar-refractivity contribution in [2.75, 3.05) is 0 Å². The second-order valence-electron chi connectivity index (χ2n) is 3.24. The van der Waals surface area contributed by atoms with Gasteiger partial charge in [-0.25, -0.2) is 18.5 Å². The Balaban J connectivity index is 2.74. The normalized spacial score (nSPS) is 11.4. The van der Waals surface area contributed by atoms with E-state index >= 15 is 0 Å². The number of benzene rings is 1. The van der Waals surface area contributed by atoms with Gasteiger partial charge in [0.1, 0.15) is 5.69 Å². The molecule has 0 fully saturated rings. The molecule has 0 unspecified atom stereocenters. The van der Waals surface area contributed by atoms with E-state index in [1.807, 2.05) is 0 Å². The minimum absolute atomic E-state index is 0.0256. The molecule has 0 saturated heterocycles. The lowest BCUT2D eigenvalue weighted by atomic mass is 10.1. The number of sulfonamides is 1. The summed E-state index contributed by atoms with van der Waals surface area (Å²) in [5.74, 6) is 0. The largest absolute Gasteiger partial charge is 0.251 e. The van der Waals surface area contributed by atoms with Crippen LogP contribution in [0.3, 0.4) is 0 Å². The fourth-order valence-electron chi connectivity index (χ4n) is 1.41. The standard InChI is InChI=1S/C10H8ClN3O2S/c11-10-9(13-5-6-14-10)7-3-1-2-4-8(7)17(12,15)16/h1-6H,(H2,12,15,16). The van der Waals surface area contributed by atoms with Gasteiger partial charge in [-0.3, -0.25) is 4.98 Å². The molecule has 2 aromatic rings. The van der Waals surface area contributed by atoms with Crippen LogP contribution in [0.15, 0.2) is 41.6 Å². The average molecular weight is 270 g/mol. The quantitative estimate of drug-likeness (QED) is 0.894. The van der Waals surface area contributed by atoms with Crippen LogP contribution in [-0.4, -0.2) is 18.4 Å². The Hall–Kier alpha value is -1.50. The lowest BCUT2D eigenvalue weighted by Crippen LogP contribution is -2.13. The maximum Gasteiger partial charge on any atom is 0.238 e. The number of hydrogen-bond acceptors (Lipinski definition) is 4. The van der Waals surface area contributed by atoms with E-state index in [0.717, 1.165) is 0 Å². The summed E-state index contributed by atoms with van der Waals surface area (Å²) in [6.45, 7) is 0. The van der Waals surface area contributed by atoms with E-state index in [1.54, 1.807) is 18.2 Å². The van der Waals surface area contributed by atoms with E-state index in [-0.39, 0.29) is 10.0 Å². The highest BCUT2D eigenvalue weighted by molar-refractivity contribution is 7.89. The molecule has 7 heteroatoms. The zero-order valence-electron chi connectivity index (χ0n) is 8.54. The molecule has 0 aliphatic carbocycles. The van der Waals surface area contributed by atoms with Crippen LogP contribution in [0.5, 0.6) is 0 Å². The van der Waals surface area contributed by atoms with Crippen LogP contribution in [-0.2, 0) is 10.0 Å². The molecule has 2 rings (SSSR count). The Morgan fingerprint density at radius 3 is 2.41 bits per heavy atom. The first-order valence-electron chi connectivity index (χ1n) is 4.59. The molecule has 0 atom stereocenters. The van der Waals surface area contributed by atoms with Crippen molar-refractivity contribution in [3.8, 4) is 11.3 Å². The maximum atomic E-state index is 11.4. The minimum atomic E-state index is -3.82. The zero-order valence-corrected chi connectivity index (χ0v) is 10.1. The van der Waals surface area contributed by atoms with E-state index in [9.17, 15) is 8.42 Å². The van der Waals surface area contributed by atoms with E-state index in [2.05, 4.69) is 9.97 Å². The summed E-state index contributed by atoms with van der Waals surface area (Å²) in [6, 6.07) is 6.23. The molecule has 1 aromatic carbocycles. The highest BCUT2D eigenvalue weighted by Crippen LogP contribution is 2.28. The third-order valence-electron chi connectivity index (χ3n) is 2.10. The van der Waals surface area contributed by atoms with Gasteiger partial charge in [0.2, 0.25) is 10.0 Å². The molecule has 17 heavy (non-hydrogen) atoms. The molecule has 0 saturated carbocycles. The smallest absolute Gasteiger partial charge is 0.238 e. The van der Waals surface area contributed by atoms with Crippen molar-refractivity contribution in [1.29, 1.82) is 0 Å². The van der Waals surface area contributed by atoms with Gasteiger partial charge in [-0.2, -0.15) is 0 Å². The Labute approximate surface area is 103 Å². The van der Waals surface area contributed by atoms with Gasteiger partial charge in [0.05, 0.1) is 4.90 Å². The number of rotatable bonds is 2. The second-order valence-corrected chi connectivity index (χ2v) is 5.12. The van der Waals surface area contributed by atoms with Crippen LogP contribution in [0.1, 0.15) is 0 Å². The first kappa shape index (κ1) is 12.0. The highest BCUT2D eigenvalue weighted by Gasteiger charge is 2.17. The molecule has 0 aliphatic rings. The van der Waals surface area contributed by atoms with Crippen LogP contribution >= 0.6 is 11.6 Å². The topological polar surface area (TPSA) is 85.9 Å². The van der Waals surface area contributed by atoms with Crippen molar-refractivity contribution in [1.82, 2.24) is 9.97 Å². The Morgan fingerprint density at radius 1 is 1.12 bits per heavy atom. The monoisotopic (exact) mass is 269 g/mol. The molecule has 1 heterocycles. The third kappa shape index (κ3) is 2.44. The van der Waals surface area contributed by atoms with Crippen molar-refractivity contribution in [2.24, 2.45) is 5.14 Å². The fraction of sp³-hybridized carbons (Fsp3) is 0. The Kier molecular flexibility index (Phi) is 3.10. The summed E-state index contributed by atoms with van der Waals surface area (Å²) in [7, 11) is -3.82. The molecule has 2 N–H and O–H groups in total. The SMILES string of the molecule is NS(=O)(=O)c1ccccc1-c1nccnc1Cl. The van der Waals surface area contributed by atoms with E-state index < -0.39 is 10.0 Å². The number of primary sulfonamides is 1. The van der Waals surface area contributed by atoms with E-state index in [0.29, 0.717) is 11.3 Å². The summed E-state index contributed by atoms with van der Waals surface area (Å²) in [5, 5.41) is 5.25. The number of nitrogens with zero attached hydrogens (tertiary/aromatic N) is 2. The van der Waals surface area contributed by atoms with Crippen LogP contribution in [0.25, 0.3) is 11.3 Å². The van der Waals surface area contributed by atoms with Gasteiger partial charge in [-0.1, -0.05) is 29.8 Å². The summed E-state index contributed by atoms with van der Waals surface area (Å²) in [5.41, 5.74) is 0.631. The molecule has 0 amide bonds. The number of aromatic nitrogens is 2. The number of nitrogens with two attached hydrogens (primary N) is 1. The minimum Gasteiger partial charge on any atom is -0.251 e. The van der Waals surface area contributed by atoms with Crippen LogP contribution in [0.4, 0.5) is 0 Å². The predicted molar refractivity (Wildman–Crippen MR) is 63.9 cm³/mol. The predicted octanol–water partition coefficient (Wildman–Crippen LogP) is 1.44. The van der Waals surface area contributed by atoms with E-state index in [1.165, 1.54) is 18.5 Å². The molecular weight excluding hydrogens is 262 g/mol. The number of halogens is 1. The van der Waals surface area contributed by atoms with Crippen LogP contribution < -0.4 is 5.14 Å². The molecule has 5 nitrogen and oxygen atoms in total. The molecule has 1 aromatic heterocycles. The Morgan fingerprint density at radius 2 is 1.76 bits per heavy atom. The lowest BCUT2D eigenvalue weighted by Gasteiger charge is -2.07. The molecule has 88 valence electrons. The molecule has 0 radical (unpaired) electrons. The number of hydrogen-bond donors (Lipinski definition) is 1. The fourth-order valence-corrected chi connectivity index (χ4v) is 2.36.